The van der Waals surface area contributed by atoms with Gasteiger partial charge < -0.3 is 0 Å². The SMILES string of the molecule is N#CC(=O)CON1C(=O)CCC1=O. The van der Waals surface area contributed by atoms with Gasteiger partial charge in [0, 0.05) is 12.8 Å². The minimum Gasteiger partial charge on any atom is -0.280 e. The van der Waals surface area contributed by atoms with Gasteiger partial charge in [0.1, 0.15) is 12.7 Å². The summed E-state index contributed by atoms with van der Waals surface area (Å²) in [6.45, 7) is -0.562. The number of amides is 2. The molecule has 1 saturated heterocycles. The highest BCUT2D eigenvalue weighted by Gasteiger charge is 2.30. The van der Waals surface area contributed by atoms with Crippen molar-refractivity contribution in [2.45, 2.75) is 12.8 Å². The van der Waals surface area contributed by atoms with Crippen LogP contribution in [0.4, 0.5) is 0 Å². The van der Waals surface area contributed by atoms with E-state index in [0.717, 1.165) is 0 Å². The predicted octanol–water partition coefficient (Wildman–Crippen LogP) is -0.840. The van der Waals surface area contributed by atoms with Crippen molar-refractivity contribution in [3.05, 3.63) is 0 Å². The molecule has 1 rings (SSSR count). The number of hydrogen-bond donors (Lipinski definition) is 0. The molecule has 0 aromatic rings. The lowest BCUT2D eigenvalue weighted by atomic mass is 10.4. The molecule has 1 aliphatic rings. The van der Waals surface area contributed by atoms with Gasteiger partial charge in [-0.15, -0.1) is 0 Å². The molecule has 1 aliphatic heterocycles. The van der Waals surface area contributed by atoms with Crippen molar-refractivity contribution in [3.63, 3.8) is 0 Å². The van der Waals surface area contributed by atoms with Gasteiger partial charge in [0.2, 0.25) is 0 Å². The molecule has 13 heavy (non-hydrogen) atoms. The molecule has 2 amide bonds. The van der Waals surface area contributed by atoms with E-state index in [1.165, 1.54) is 6.07 Å². The Morgan fingerprint density at radius 3 is 2.46 bits per heavy atom. The number of hydroxylamine groups is 2. The maximum absolute atomic E-state index is 10.9. The third kappa shape index (κ3) is 2.10. The van der Waals surface area contributed by atoms with E-state index in [2.05, 4.69) is 4.84 Å². The number of Topliss-reactive ketones (excluding diaryl/α,β-unsaturated/α-hetero) is 1. The highest BCUT2D eigenvalue weighted by molar-refractivity contribution is 6.01. The number of nitriles is 1. The van der Waals surface area contributed by atoms with Crippen LogP contribution in [0.3, 0.4) is 0 Å². The highest BCUT2D eigenvalue weighted by Crippen LogP contribution is 2.11. The number of nitrogens with zero attached hydrogens (tertiary/aromatic N) is 2. The van der Waals surface area contributed by atoms with Crippen LogP contribution in [0.1, 0.15) is 12.8 Å². The van der Waals surface area contributed by atoms with Crippen molar-refractivity contribution in [2.75, 3.05) is 6.61 Å². The van der Waals surface area contributed by atoms with Crippen molar-refractivity contribution in [2.24, 2.45) is 0 Å². The standard InChI is InChI=1S/C7H6N2O4/c8-3-5(10)4-13-9-6(11)1-2-7(9)12/h1-2,4H2. The van der Waals surface area contributed by atoms with Gasteiger partial charge in [-0.2, -0.15) is 10.3 Å². The Labute approximate surface area is 73.6 Å². The molecule has 1 fully saturated rings. The molecule has 6 heteroatoms. The van der Waals surface area contributed by atoms with Gasteiger partial charge in [-0.05, 0) is 0 Å². The molecule has 0 aliphatic carbocycles. The first-order chi connectivity index (χ1) is 6.15. The van der Waals surface area contributed by atoms with Crippen LogP contribution in [-0.2, 0) is 19.2 Å². The van der Waals surface area contributed by atoms with Crippen LogP contribution in [0, 0.1) is 11.3 Å². The van der Waals surface area contributed by atoms with Gasteiger partial charge in [0.25, 0.3) is 17.6 Å². The molecular formula is C7H6N2O4. The quantitative estimate of drug-likeness (QED) is 0.419. The molecule has 6 nitrogen and oxygen atoms in total. The van der Waals surface area contributed by atoms with E-state index in [1.807, 2.05) is 0 Å². The molecule has 0 aromatic heterocycles. The fourth-order valence-corrected chi connectivity index (χ4v) is 0.855. The zero-order chi connectivity index (χ0) is 9.84. The molecule has 0 saturated carbocycles. The number of rotatable bonds is 3. The van der Waals surface area contributed by atoms with Gasteiger partial charge in [-0.1, -0.05) is 0 Å². The van der Waals surface area contributed by atoms with E-state index < -0.39 is 24.2 Å². The van der Waals surface area contributed by atoms with Crippen molar-refractivity contribution >= 4 is 17.6 Å². The van der Waals surface area contributed by atoms with Crippen molar-refractivity contribution < 1.29 is 19.2 Å². The fourth-order valence-electron chi connectivity index (χ4n) is 0.855. The monoisotopic (exact) mass is 182 g/mol. The molecule has 0 unspecified atom stereocenters. The first kappa shape index (κ1) is 9.35. The van der Waals surface area contributed by atoms with E-state index in [-0.39, 0.29) is 12.8 Å². The van der Waals surface area contributed by atoms with Gasteiger partial charge in [-0.25, -0.2) is 0 Å². The molecular weight excluding hydrogens is 176 g/mol. The lowest BCUT2D eigenvalue weighted by molar-refractivity contribution is -0.187. The van der Waals surface area contributed by atoms with Gasteiger partial charge >= 0.3 is 0 Å². The Hall–Kier alpha value is -1.74. The van der Waals surface area contributed by atoms with E-state index in [0.29, 0.717) is 5.06 Å². The summed E-state index contributed by atoms with van der Waals surface area (Å²) in [6.07, 6.45) is 0.194. The van der Waals surface area contributed by atoms with Crippen LogP contribution in [0.25, 0.3) is 0 Å². The second-order valence-corrected chi connectivity index (χ2v) is 2.39. The Morgan fingerprint density at radius 1 is 1.46 bits per heavy atom. The summed E-state index contributed by atoms with van der Waals surface area (Å²) in [7, 11) is 0. The first-order valence-electron chi connectivity index (χ1n) is 3.57. The molecule has 68 valence electrons. The lowest BCUT2D eigenvalue weighted by Gasteiger charge is -2.10. The van der Waals surface area contributed by atoms with Gasteiger partial charge in [0.05, 0.1) is 0 Å². The summed E-state index contributed by atoms with van der Waals surface area (Å²) >= 11 is 0. The molecule has 0 N–H and O–H groups in total. The minimum absolute atomic E-state index is 0.0968. The Balaban J connectivity index is 2.45. The van der Waals surface area contributed by atoms with Crippen LogP contribution in [-0.4, -0.2) is 29.3 Å². The summed E-state index contributed by atoms with van der Waals surface area (Å²) in [6, 6.07) is 1.31. The summed E-state index contributed by atoms with van der Waals surface area (Å²) in [5.74, 6) is -1.78. The minimum atomic E-state index is -0.826. The van der Waals surface area contributed by atoms with Crippen molar-refractivity contribution in [1.82, 2.24) is 5.06 Å². The highest BCUT2D eigenvalue weighted by atomic mass is 16.7. The maximum atomic E-state index is 10.9. The summed E-state index contributed by atoms with van der Waals surface area (Å²) in [5.41, 5.74) is 0. The smallest absolute Gasteiger partial charge is 0.260 e. The lowest BCUT2D eigenvalue weighted by Crippen LogP contribution is -2.31. The van der Waals surface area contributed by atoms with E-state index in [4.69, 9.17) is 5.26 Å². The first-order valence-corrected chi connectivity index (χ1v) is 3.57. The van der Waals surface area contributed by atoms with Crippen LogP contribution >= 0.6 is 0 Å². The van der Waals surface area contributed by atoms with Crippen LogP contribution in [0.2, 0.25) is 0 Å². The average Bonchev–Trinajstić information content (AvgIpc) is 2.43. The topological polar surface area (TPSA) is 87.5 Å². The number of carbonyl (C=O) groups is 3. The third-order valence-corrected chi connectivity index (χ3v) is 1.46. The number of ketones is 1. The molecule has 1 heterocycles. The van der Waals surface area contributed by atoms with Crippen LogP contribution in [0.15, 0.2) is 0 Å². The van der Waals surface area contributed by atoms with E-state index >= 15 is 0 Å². The average molecular weight is 182 g/mol. The van der Waals surface area contributed by atoms with E-state index in [9.17, 15) is 14.4 Å². The zero-order valence-electron chi connectivity index (χ0n) is 6.65. The van der Waals surface area contributed by atoms with E-state index in [1.54, 1.807) is 0 Å². The van der Waals surface area contributed by atoms with Crippen molar-refractivity contribution in [3.8, 4) is 6.07 Å². The largest absolute Gasteiger partial charge is 0.280 e. The number of hydrogen-bond acceptors (Lipinski definition) is 5. The molecule has 0 bridgehead atoms. The second-order valence-electron chi connectivity index (χ2n) is 2.39. The zero-order valence-corrected chi connectivity index (χ0v) is 6.65. The van der Waals surface area contributed by atoms with Crippen LogP contribution < -0.4 is 0 Å². The maximum Gasteiger partial charge on any atom is 0.260 e. The Kier molecular flexibility index (Phi) is 2.72. The number of imide groups is 1. The number of carbonyl (C=O) groups excluding carboxylic acids is 3. The predicted molar refractivity (Wildman–Crippen MR) is 37.7 cm³/mol. The summed E-state index contributed by atoms with van der Waals surface area (Å²) in [4.78, 5) is 36.7. The molecule has 0 aromatic carbocycles. The Morgan fingerprint density at radius 2 is 2.00 bits per heavy atom. The summed E-state index contributed by atoms with van der Waals surface area (Å²) in [5, 5.41) is 8.61. The second kappa shape index (κ2) is 3.78. The molecule has 0 radical (unpaired) electrons. The van der Waals surface area contributed by atoms with Crippen molar-refractivity contribution in [1.29, 1.82) is 5.26 Å². The normalized spacial score (nSPS) is 16.1. The third-order valence-electron chi connectivity index (χ3n) is 1.46. The molecule has 0 spiro atoms. The van der Waals surface area contributed by atoms with Gasteiger partial charge in [-0.3, -0.25) is 19.2 Å². The Bertz CT molecular complexity index is 288. The molecule has 0 atom stereocenters. The fraction of sp³-hybridized carbons (Fsp3) is 0.429. The van der Waals surface area contributed by atoms with Crippen LogP contribution in [0.5, 0.6) is 0 Å². The van der Waals surface area contributed by atoms with Gasteiger partial charge in [0.15, 0.2) is 0 Å². The summed E-state index contributed by atoms with van der Waals surface area (Å²) < 4.78 is 0.